The van der Waals surface area contributed by atoms with Gasteiger partial charge >= 0.3 is 0 Å². The Bertz CT molecular complexity index is 213. The zero-order valence-corrected chi connectivity index (χ0v) is 9.65. The third kappa shape index (κ3) is 3.80. The lowest BCUT2D eigenvalue weighted by Gasteiger charge is -2.36. The topological polar surface area (TPSA) is 66.6 Å². The Morgan fingerprint density at radius 2 is 2.13 bits per heavy atom. The fourth-order valence-corrected chi connectivity index (χ4v) is 1.96. The summed E-state index contributed by atoms with van der Waals surface area (Å²) in [6, 6.07) is 0. The van der Waals surface area contributed by atoms with Gasteiger partial charge in [-0.1, -0.05) is 13.8 Å². The Morgan fingerprint density at radius 3 is 2.53 bits per heavy atom. The van der Waals surface area contributed by atoms with Crippen LogP contribution in [0.5, 0.6) is 0 Å². The number of β-amino-alcohol motifs (C(OH)–C–C–N with tert-alkyl or cyclic N) is 1. The van der Waals surface area contributed by atoms with Crippen LogP contribution in [0.3, 0.4) is 0 Å². The maximum atomic E-state index is 11.7. The van der Waals surface area contributed by atoms with Crippen LogP contribution in [-0.4, -0.2) is 41.7 Å². The molecule has 0 aliphatic carbocycles. The van der Waals surface area contributed by atoms with E-state index in [0.29, 0.717) is 32.0 Å². The predicted octanol–water partition coefficient (Wildman–Crippen LogP) is 0.201. The summed E-state index contributed by atoms with van der Waals surface area (Å²) in [6.45, 7) is 5.84. The molecular weight excluding hydrogens is 192 g/mol. The summed E-state index contributed by atoms with van der Waals surface area (Å²) in [5.74, 6) is 1.000. The minimum atomic E-state index is -0.310. The fourth-order valence-electron chi connectivity index (χ4n) is 1.96. The first kappa shape index (κ1) is 12.5. The molecule has 0 aromatic heterocycles. The molecule has 3 N–H and O–H groups in total. The summed E-state index contributed by atoms with van der Waals surface area (Å²) in [4.78, 5) is 13.4. The van der Waals surface area contributed by atoms with Crippen LogP contribution in [0.25, 0.3) is 0 Å². The quantitative estimate of drug-likeness (QED) is 0.687. The summed E-state index contributed by atoms with van der Waals surface area (Å²) in [7, 11) is 0. The Hall–Kier alpha value is -0.610. The number of hydrogen-bond acceptors (Lipinski definition) is 3. The molecule has 1 rings (SSSR count). The normalized spacial score (nSPS) is 19.1. The minimum absolute atomic E-state index is 0.136. The van der Waals surface area contributed by atoms with Gasteiger partial charge in [-0.25, -0.2) is 0 Å². The van der Waals surface area contributed by atoms with Crippen LogP contribution in [0.15, 0.2) is 0 Å². The molecule has 1 saturated heterocycles. The molecule has 1 fully saturated rings. The first-order valence-corrected chi connectivity index (χ1v) is 5.68. The van der Waals surface area contributed by atoms with E-state index in [9.17, 15) is 4.79 Å². The summed E-state index contributed by atoms with van der Waals surface area (Å²) < 4.78 is 0. The number of amides is 1. The number of rotatable bonds is 5. The average molecular weight is 214 g/mol. The van der Waals surface area contributed by atoms with Crippen LogP contribution in [0.2, 0.25) is 0 Å². The molecule has 0 radical (unpaired) electrons. The highest BCUT2D eigenvalue weighted by Gasteiger charge is 2.29. The summed E-state index contributed by atoms with van der Waals surface area (Å²) in [5.41, 5.74) is 5.64. The summed E-state index contributed by atoms with van der Waals surface area (Å²) in [6.07, 6.45) is 1.22. The molecule has 1 atom stereocenters. The number of aliphatic hydroxyl groups is 1. The van der Waals surface area contributed by atoms with Gasteiger partial charge in [0, 0.05) is 19.5 Å². The van der Waals surface area contributed by atoms with E-state index in [1.54, 1.807) is 4.90 Å². The molecular formula is C11H22N2O2. The van der Waals surface area contributed by atoms with Crippen molar-refractivity contribution < 1.29 is 9.90 Å². The monoisotopic (exact) mass is 214 g/mol. The van der Waals surface area contributed by atoms with Crippen LogP contribution in [-0.2, 0) is 4.79 Å². The van der Waals surface area contributed by atoms with E-state index in [1.807, 2.05) is 0 Å². The molecule has 88 valence electrons. The zero-order chi connectivity index (χ0) is 11.4. The second-order valence-corrected chi connectivity index (χ2v) is 4.89. The Labute approximate surface area is 91.4 Å². The van der Waals surface area contributed by atoms with Crippen LogP contribution >= 0.6 is 0 Å². The standard InChI is InChI=1S/C11H22N2O2/c1-8(2)3-9(5-12)4-11(15)13-6-10(14)7-13/h8-10,14H,3-7,12H2,1-2H3/t9-/m0/s1. The van der Waals surface area contributed by atoms with Crippen molar-refractivity contribution in [2.45, 2.75) is 32.8 Å². The highest BCUT2D eigenvalue weighted by atomic mass is 16.3. The van der Waals surface area contributed by atoms with Crippen LogP contribution in [0.1, 0.15) is 26.7 Å². The van der Waals surface area contributed by atoms with E-state index in [0.717, 1.165) is 6.42 Å². The van der Waals surface area contributed by atoms with Crippen molar-refractivity contribution in [2.24, 2.45) is 17.6 Å². The van der Waals surface area contributed by atoms with Crippen molar-refractivity contribution in [3.63, 3.8) is 0 Å². The maximum absolute atomic E-state index is 11.7. The van der Waals surface area contributed by atoms with Crippen molar-refractivity contribution in [2.75, 3.05) is 19.6 Å². The number of nitrogens with zero attached hydrogens (tertiary/aromatic N) is 1. The predicted molar refractivity (Wildman–Crippen MR) is 59.2 cm³/mol. The fraction of sp³-hybridized carbons (Fsp3) is 0.909. The van der Waals surface area contributed by atoms with Crippen molar-refractivity contribution in [3.05, 3.63) is 0 Å². The van der Waals surface area contributed by atoms with Gasteiger partial charge in [0.05, 0.1) is 6.10 Å². The smallest absolute Gasteiger partial charge is 0.223 e. The highest BCUT2D eigenvalue weighted by molar-refractivity contribution is 5.77. The van der Waals surface area contributed by atoms with Gasteiger partial charge in [-0.3, -0.25) is 4.79 Å². The van der Waals surface area contributed by atoms with Gasteiger partial charge < -0.3 is 15.7 Å². The molecule has 1 heterocycles. The molecule has 0 saturated carbocycles. The second-order valence-electron chi connectivity index (χ2n) is 4.89. The van der Waals surface area contributed by atoms with Gasteiger partial charge in [0.1, 0.15) is 0 Å². The zero-order valence-electron chi connectivity index (χ0n) is 9.65. The van der Waals surface area contributed by atoms with E-state index in [-0.39, 0.29) is 17.9 Å². The lowest BCUT2D eigenvalue weighted by atomic mass is 9.93. The van der Waals surface area contributed by atoms with Crippen molar-refractivity contribution in [1.29, 1.82) is 0 Å². The Kier molecular flexibility index (Phi) is 4.54. The summed E-state index contributed by atoms with van der Waals surface area (Å²) >= 11 is 0. The van der Waals surface area contributed by atoms with E-state index in [2.05, 4.69) is 13.8 Å². The maximum Gasteiger partial charge on any atom is 0.223 e. The van der Waals surface area contributed by atoms with Crippen LogP contribution in [0.4, 0.5) is 0 Å². The van der Waals surface area contributed by atoms with E-state index < -0.39 is 0 Å². The van der Waals surface area contributed by atoms with Gasteiger partial charge in [0.2, 0.25) is 5.91 Å². The largest absolute Gasteiger partial charge is 0.389 e. The first-order chi connectivity index (χ1) is 7.02. The second kappa shape index (κ2) is 5.47. The van der Waals surface area contributed by atoms with Crippen molar-refractivity contribution in [1.82, 2.24) is 4.90 Å². The Balaban J connectivity index is 2.28. The van der Waals surface area contributed by atoms with E-state index >= 15 is 0 Å². The molecule has 4 heteroatoms. The average Bonchev–Trinajstić information content (AvgIpc) is 2.10. The number of aliphatic hydroxyl groups excluding tert-OH is 1. The SMILES string of the molecule is CC(C)C[C@H](CN)CC(=O)N1CC(O)C1. The number of hydrogen-bond donors (Lipinski definition) is 2. The van der Waals surface area contributed by atoms with Crippen LogP contribution in [0, 0.1) is 11.8 Å². The molecule has 0 bridgehead atoms. The molecule has 0 aromatic carbocycles. The van der Waals surface area contributed by atoms with Gasteiger partial charge in [0.25, 0.3) is 0 Å². The number of carbonyl (C=O) groups is 1. The number of carbonyl (C=O) groups excluding carboxylic acids is 1. The molecule has 4 nitrogen and oxygen atoms in total. The van der Waals surface area contributed by atoms with Gasteiger partial charge in [-0.15, -0.1) is 0 Å². The Morgan fingerprint density at radius 1 is 1.53 bits per heavy atom. The molecule has 0 unspecified atom stereocenters. The number of likely N-dealkylation sites (tertiary alicyclic amines) is 1. The van der Waals surface area contributed by atoms with Gasteiger partial charge in [-0.2, -0.15) is 0 Å². The van der Waals surface area contributed by atoms with Crippen LogP contribution < -0.4 is 5.73 Å². The summed E-state index contributed by atoms with van der Waals surface area (Å²) in [5, 5.41) is 9.09. The molecule has 1 aliphatic rings. The van der Waals surface area contributed by atoms with Crippen molar-refractivity contribution >= 4 is 5.91 Å². The van der Waals surface area contributed by atoms with E-state index in [4.69, 9.17) is 10.8 Å². The van der Waals surface area contributed by atoms with Crippen molar-refractivity contribution in [3.8, 4) is 0 Å². The number of nitrogens with two attached hydrogens (primary N) is 1. The lowest BCUT2D eigenvalue weighted by molar-refractivity contribution is -0.142. The van der Waals surface area contributed by atoms with Gasteiger partial charge in [-0.05, 0) is 24.8 Å². The molecule has 1 amide bonds. The molecule has 15 heavy (non-hydrogen) atoms. The highest BCUT2D eigenvalue weighted by Crippen LogP contribution is 2.18. The van der Waals surface area contributed by atoms with E-state index in [1.165, 1.54) is 0 Å². The van der Waals surface area contributed by atoms with Gasteiger partial charge in [0.15, 0.2) is 0 Å². The molecule has 0 aromatic rings. The first-order valence-electron chi connectivity index (χ1n) is 5.68. The minimum Gasteiger partial charge on any atom is -0.389 e. The lowest BCUT2D eigenvalue weighted by Crippen LogP contribution is -2.53. The third-order valence-corrected chi connectivity index (χ3v) is 2.82. The molecule has 1 aliphatic heterocycles. The molecule has 0 spiro atoms. The third-order valence-electron chi connectivity index (χ3n) is 2.82.